The van der Waals surface area contributed by atoms with E-state index in [2.05, 4.69) is 256 Å². The van der Waals surface area contributed by atoms with Crippen molar-refractivity contribution in [1.29, 1.82) is 0 Å². The standard InChI is InChI=1S/C62H61N3/c1-7-62(5,6)55(46-35-37-51(38-36-46)64(48-21-11-8-12-22-48)49-23-13-9-14-24-49)41-47(42-61(2,3)4)45-33-31-44(32-34-45)43-63-56-29-19-17-27-52(56)53-39-40-58-59(60(53)63)54-28-18-20-30-57(54)65(58)50-25-15-10-16-26-50/h8-40,47,55H,7,41-43H2,1-6H3. The summed E-state index contributed by atoms with van der Waals surface area (Å²) in [6, 6.07) is 74.0. The smallest absolute Gasteiger partial charge is 0.0596 e. The molecule has 0 radical (unpaired) electrons. The summed E-state index contributed by atoms with van der Waals surface area (Å²) >= 11 is 0. The summed E-state index contributed by atoms with van der Waals surface area (Å²) < 4.78 is 5.01. The van der Waals surface area contributed by atoms with Crippen LogP contribution >= 0.6 is 0 Å². The SMILES string of the molecule is CCC(C)(C)C(CC(CC(C)(C)C)c1ccc(Cn2c3ccccc3c3ccc4c(c5ccccc5n4-c4ccccc4)c32)cc1)c1ccc(N(c2ccccc2)c2ccccc2)cc1. The maximum Gasteiger partial charge on any atom is 0.0596 e. The molecule has 0 amide bonds. The second kappa shape index (κ2) is 17.3. The molecule has 0 aliphatic heterocycles. The lowest BCUT2D eigenvalue weighted by atomic mass is 9.66. The van der Waals surface area contributed by atoms with Gasteiger partial charge in [0, 0.05) is 56.4 Å². The lowest BCUT2D eigenvalue weighted by Gasteiger charge is -2.38. The Morgan fingerprint density at radius 2 is 1.02 bits per heavy atom. The van der Waals surface area contributed by atoms with E-state index >= 15 is 0 Å². The molecule has 0 bridgehead atoms. The Balaban J connectivity index is 1.01. The Bertz CT molecular complexity index is 3160. The average Bonchev–Trinajstić information content (AvgIpc) is 3.84. The highest BCUT2D eigenvalue weighted by atomic mass is 15.1. The molecule has 2 unspecified atom stereocenters. The van der Waals surface area contributed by atoms with Gasteiger partial charge in [0.2, 0.25) is 0 Å². The van der Waals surface area contributed by atoms with Gasteiger partial charge in [0.15, 0.2) is 0 Å². The molecule has 65 heavy (non-hydrogen) atoms. The van der Waals surface area contributed by atoms with Crippen LogP contribution in [0.5, 0.6) is 0 Å². The van der Waals surface area contributed by atoms with Crippen molar-refractivity contribution in [2.45, 2.75) is 79.2 Å². The van der Waals surface area contributed by atoms with Gasteiger partial charge in [-0.2, -0.15) is 0 Å². The van der Waals surface area contributed by atoms with Gasteiger partial charge in [0.25, 0.3) is 0 Å². The molecule has 324 valence electrons. The molecule has 10 aromatic rings. The Morgan fingerprint density at radius 3 is 1.63 bits per heavy atom. The van der Waals surface area contributed by atoms with E-state index in [4.69, 9.17) is 0 Å². The molecule has 0 aliphatic carbocycles. The largest absolute Gasteiger partial charge is 0.335 e. The molecule has 3 heteroatoms. The third-order valence-electron chi connectivity index (χ3n) is 14.2. The van der Waals surface area contributed by atoms with E-state index in [0.29, 0.717) is 11.8 Å². The first-order valence-corrected chi connectivity index (χ1v) is 23.7. The summed E-state index contributed by atoms with van der Waals surface area (Å²) in [6.07, 6.45) is 3.32. The fourth-order valence-electron chi connectivity index (χ4n) is 10.7. The number of benzene rings is 8. The zero-order valence-electron chi connectivity index (χ0n) is 38.9. The van der Waals surface area contributed by atoms with Gasteiger partial charge in [-0.3, -0.25) is 0 Å². The molecule has 8 aromatic carbocycles. The number of para-hydroxylation sites is 5. The number of aromatic nitrogens is 2. The molecule has 3 nitrogen and oxygen atoms in total. The predicted molar refractivity (Wildman–Crippen MR) is 279 cm³/mol. The van der Waals surface area contributed by atoms with Crippen LogP contribution in [0.4, 0.5) is 17.1 Å². The first kappa shape index (κ1) is 42.1. The number of hydrogen-bond donors (Lipinski definition) is 0. The van der Waals surface area contributed by atoms with E-state index in [0.717, 1.165) is 37.2 Å². The maximum atomic E-state index is 2.58. The minimum atomic E-state index is 0.113. The van der Waals surface area contributed by atoms with Crippen LogP contribution < -0.4 is 4.90 Å². The molecule has 0 aliphatic rings. The first-order chi connectivity index (χ1) is 31.6. The van der Waals surface area contributed by atoms with E-state index in [1.807, 2.05) is 0 Å². The van der Waals surface area contributed by atoms with Gasteiger partial charge in [0.1, 0.15) is 0 Å². The fraction of sp³-hybridized carbons (Fsp3) is 0.226. The van der Waals surface area contributed by atoms with Gasteiger partial charge in [-0.05, 0) is 119 Å². The predicted octanol–water partition coefficient (Wildman–Crippen LogP) is 17.5. The molecule has 0 spiro atoms. The number of hydrogen-bond acceptors (Lipinski definition) is 1. The molecular weight excluding hydrogens is 787 g/mol. The van der Waals surface area contributed by atoms with Crippen LogP contribution in [0.2, 0.25) is 0 Å². The molecule has 0 saturated heterocycles. The van der Waals surface area contributed by atoms with Crippen LogP contribution in [0.1, 0.15) is 89.3 Å². The van der Waals surface area contributed by atoms with Crippen molar-refractivity contribution in [3.63, 3.8) is 0 Å². The summed E-state index contributed by atoms with van der Waals surface area (Å²) in [6.45, 7) is 15.3. The minimum Gasteiger partial charge on any atom is -0.335 e. The zero-order valence-corrected chi connectivity index (χ0v) is 38.9. The van der Waals surface area contributed by atoms with Crippen LogP contribution in [0, 0.1) is 10.8 Å². The lowest BCUT2D eigenvalue weighted by molar-refractivity contribution is 0.229. The van der Waals surface area contributed by atoms with Gasteiger partial charge in [0.05, 0.1) is 16.6 Å². The molecule has 0 fully saturated rings. The van der Waals surface area contributed by atoms with Crippen LogP contribution in [0.3, 0.4) is 0 Å². The van der Waals surface area contributed by atoms with Gasteiger partial charge in [-0.25, -0.2) is 0 Å². The molecule has 0 saturated carbocycles. The first-order valence-electron chi connectivity index (χ1n) is 23.7. The normalized spacial score (nSPS) is 13.2. The van der Waals surface area contributed by atoms with Crippen molar-refractivity contribution in [1.82, 2.24) is 9.13 Å². The van der Waals surface area contributed by atoms with Gasteiger partial charge < -0.3 is 14.0 Å². The van der Waals surface area contributed by atoms with Crippen molar-refractivity contribution >= 4 is 60.7 Å². The van der Waals surface area contributed by atoms with Crippen molar-refractivity contribution in [3.05, 3.63) is 217 Å². The molecule has 2 atom stereocenters. The van der Waals surface area contributed by atoms with Crippen molar-refractivity contribution < 1.29 is 0 Å². The Labute approximate surface area is 385 Å². The van der Waals surface area contributed by atoms with E-state index in [9.17, 15) is 0 Å². The van der Waals surface area contributed by atoms with Gasteiger partial charge >= 0.3 is 0 Å². The Morgan fingerprint density at radius 1 is 0.477 bits per heavy atom. The van der Waals surface area contributed by atoms with E-state index in [-0.39, 0.29) is 10.8 Å². The quantitative estimate of drug-likeness (QED) is 0.113. The van der Waals surface area contributed by atoms with Crippen molar-refractivity contribution in [2.24, 2.45) is 10.8 Å². The zero-order chi connectivity index (χ0) is 44.7. The van der Waals surface area contributed by atoms with Gasteiger partial charge in [-0.1, -0.05) is 181 Å². The summed E-state index contributed by atoms with van der Waals surface area (Å²) in [5, 5.41) is 5.19. The van der Waals surface area contributed by atoms with E-state index in [1.165, 1.54) is 71.7 Å². The van der Waals surface area contributed by atoms with Crippen LogP contribution in [-0.2, 0) is 6.54 Å². The summed E-state index contributed by atoms with van der Waals surface area (Å²) in [5.41, 5.74) is 14.2. The van der Waals surface area contributed by atoms with Crippen LogP contribution in [0.25, 0.3) is 49.3 Å². The number of nitrogens with zero attached hydrogens (tertiary/aromatic N) is 3. The lowest BCUT2D eigenvalue weighted by Crippen LogP contribution is -2.25. The van der Waals surface area contributed by atoms with Crippen LogP contribution in [-0.4, -0.2) is 9.13 Å². The molecule has 10 rings (SSSR count). The number of anilines is 3. The van der Waals surface area contributed by atoms with Crippen molar-refractivity contribution in [2.75, 3.05) is 4.90 Å². The third-order valence-corrected chi connectivity index (χ3v) is 14.2. The summed E-state index contributed by atoms with van der Waals surface area (Å²) in [7, 11) is 0. The highest BCUT2D eigenvalue weighted by Crippen LogP contribution is 2.48. The molecule has 2 aromatic heterocycles. The average molecular weight is 848 g/mol. The topological polar surface area (TPSA) is 13.1 Å². The Kier molecular flexibility index (Phi) is 11.2. The van der Waals surface area contributed by atoms with Crippen LogP contribution in [0.15, 0.2) is 200 Å². The Hall–Kier alpha value is -6.84. The monoisotopic (exact) mass is 847 g/mol. The third kappa shape index (κ3) is 8.14. The highest BCUT2D eigenvalue weighted by molar-refractivity contribution is 6.25. The second-order valence-electron chi connectivity index (χ2n) is 20.1. The number of rotatable bonds is 13. The highest BCUT2D eigenvalue weighted by Gasteiger charge is 2.34. The van der Waals surface area contributed by atoms with E-state index < -0.39 is 0 Å². The van der Waals surface area contributed by atoms with E-state index in [1.54, 1.807) is 0 Å². The molecule has 2 heterocycles. The summed E-state index contributed by atoms with van der Waals surface area (Å²) in [4.78, 5) is 2.36. The molecular formula is C62H61N3. The molecule has 0 N–H and O–H groups in total. The maximum absolute atomic E-state index is 2.58. The van der Waals surface area contributed by atoms with Gasteiger partial charge in [-0.15, -0.1) is 0 Å². The second-order valence-corrected chi connectivity index (χ2v) is 20.1. The summed E-state index contributed by atoms with van der Waals surface area (Å²) in [5.74, 6) is 0.787. The minimum absolute atomic E-state index is 0.113. The van der Waals surface area contributed by atoms with Crippen molar-refractivity contribution in [3.8, 4) is 5.69 Å². The fourth-order valence-corrected chi connectivity index (χ4v) is 10.7. The number of fused-ring (bicyclic) bond motifs is 7.